The third-order valence-corrected chi connectivity index (χ3v) is 3.42. The molecule has 2 rings (SSSR count). The summed E-state index contributed by atoms with van der Waals surface area (Å²) in [6.45, 7) is 6.26. The van der Waals surface area contributed by atoms with Gasteiger partial charge in [-0.3, -0.25) is 4.40 Å². The Kier molecular flexibility index (Phi) is 2.06. The van der Waals surface area contributed by atoms with E-state index in [9.17, 15) is 0 Å². The SMILES string of the molecule is Cc1cc(C)n2c(I)c(C)nc2c1. The standard InChI is InChI=1S/C10H11IN2/c1-6-4-7(2)13-9(5-6)12-8(3)10(13)11/h4-5H,1-3H3. The lowest BCUT2D eigenvalue weighted by Crippen LogP contribution is -1.94. The Balaban J connectivity index is 2.94. The van der Waals surface area contributed by atoms with Gasteiger partial charge in [-0.25, -0.2) is 4.98 Å². The second-order valence-corrected chi connectivity index (χ2v) is 4.38. The lowest BCUT2D eigenvalue weighted by atomic mass is 10.2. The van der Waals surface area contributed by atoms with Gasteiger partial charge in [0.25, 0.3) is 0 Å². The molecular weight excluding hydrogens is 275 g/mol. The van der Waals surface area contributed by atoms with Crippen molar-refractivity contribution >= 4 is 28.2 Å². The summed E-state index contributed by atoms with van der Waals surface area (Å²) in [5, 5.41) is 0. The van der Waals surface area contributed by atoms with E-state index in [1.807, 2.05) is 6.92 Å². The zero-order valence-corrected chi connectivity index (χ0v) is 10.1. The number of hydrogen-bond acceptors (Lipinski definition) is 1. The number of hydrogen-bond donors (Lipinski definition) is 0. The van der Waals surface area contributed by atoms with E-state index >= 15 is 0 Å². The van der Waals surface area contributed by atoms with Gasteiger partial charge in [-0.05, 0) is 61.1 Å². The first-order valence-electron chi connectivity index (χ1n) is 4.21. The van der Waals surface area contributed by atoms with Crippen LogP contribution in [0.2, 0.25) is 0 Å². The van der Waals surface area contributed by atoms with Crippen LogP contribution in [0.5, 0.6) is 0 Å². The summed E-state index contributed by atoms with van der Waals surface area (Å²) in [5.74, 6) is 0. The molecule has 2 heterocycles. The lowest BCUT2D eigenvalue weighted by Gasteiger charge is -2.02. The molecular formula is C10H11IN2. The Hall–Kier alpha value is -0.580. The first kappa shape index (κ1) is 8.99. The van der Waals surface area contributed by atoms with Crippen molar-refractivity contribution in [2.75, 3.05) is 0 Å². The van der Waals surface area contributed by atoms with Crippen molar-refractivity contribution in [1.29, 1.82) is 0 Å². The zero-order valence-electron chi connectivity index (χ0n) is 7.93. The smallest absolute Gasteiger partial charge is 0.138 e. The average molecular weight is 286 g/mol. The number of imidazole rings is 1. The fourth-order valence-electron chi connectivity index (χ4n) is 1.60. The van der Waals surface area contributed by atoms with E-state index in [0.717, 1.165) is 11.3 Å². The minimum absolute atomic E-state index is 1.06. The van der Waals surface area contributed by atoms with Crippen LogP contribution >= 0.6 is 22.6 Å². The second kappa shape index (κ2) is 2.97. The summed E-state index contributed by atoms with van der Waals surface area (Å²) in [4.78, 5) is 4.49. The normalized spacial score (nSPS) is 11.1. The number of halogens is 1. The number of rotatable bonds is 0. The summed E-state index contributed by atoms with van der Waals surface area (Å²) < 4.78 is 3.40. The molecule has 0 amide bonds. The first-order chi connectivity index (χ1) is 6.09. The van der Waals surface area contributed by atoms with Crippen molar-refractivity contribution < 1.29 is 0 Å². The summed E-state index contributed by atoms with van der Waals surface area (Å²) in [6, 6.07) is 4.29. The van der Waals surface area contributed by atoms with Gasteiger partial charge in [0, 0.05) is 5.69 Å². The van der Waals surface area contributed by atoms with Crippen LogP contribution in [-0.4, -0.2) is 9.38 Å². The zero-order chi connectivity index (χ0) is 9.59. The van der Waals surface area contributed by atoms with Crippen LogP contribution in [0, 0.1) is 24.5 Å². The van der Waals surface area contributed by atoms with Gasteiger partial charge in [0.05, 0.1) is 5.69 Å². The fourth-order valence-corrected chi connectivity index (χ4v) is 2.35. The molecule has 0 aliphatic carbocycles. The number of nitrogens with zero attached hydrogens (tertiary/aromatic N) is 2. The number of aromatic nitrogens is 2. The summed E-state index contributed by atoms with van der Waals surface area (Å²) in [5.41, 5.74) is 4.68. The van der Waals surface area contributed by atoms with Gasteiger partial charge < -0.3 is 0 Å². The molecule has 2 aromatic heterocycles. The number of pyridine rings is 1. The average Bonchev–Trinajstić information content (AvgIpc) is 2.27. The van der Waals surface area contributed by atoms with E-state index in [0.29, 0.717) is 0 Å². The molecule has 13 heavy (non-hydrogen) atoms. The molecule has 0 aliphatic rings. The summed E-state index contributed by atoms with van der Waals surface area (Å²) >= 11 is 2.34. The highest BCUT2D eigenvalue weighted by molar-refractivity contribution is 14.1. The van der Waals surface area contributed by atoms with Crippen LogP contribution in [0.4, 0.5) is 0 Å². The maximum absolute atomic E-state index is 4.49. The third-order valence-electron chi connectivity index (χ3n) is 2.15. The van der Waals surface area contributed by atoms with Crippen molar-refractivity contribution in [2.45, 2.75) is 20.8 Å². The van der Waals surface area contributed by atoms with Gasteiger partial charge in [0.15, 0.2) is 0 Å². The quantitative estimate of drug-likeness (QED) is 0.681. The van der Waals surface area contributed by atoms with E-state index in [-0.39, 0.29) is 0 Å². The molecule has 2 aromatic rings. The Morgan fingerprint density at radius 3 is 2.62 bits per heavy atom. The van der Waals surface area contributed by atoms with Crippen LogP contribution in [-0.2, 0) is 0 Å². The van der Waals surface area contributed by atoms with E-state index in [4.69, 9.17) is 0 Å². The molecule has 0 spiro atoms. The molecule has 0 aromatic carbocycles. The molecule has 0 unspecified atom stereocenters. The topological polar surface area (TPSA) is 17.3 Å². The molecule has 0 saturated heterocycles. The van der Waals surface area contributed by atoms with Crippen molar-refractivity contribution in [3.63, 3.8) is 0 Å². The number of fused-ring (bicyclic) bond motifs is 1. The molecule has 3 heteroatoms. The minimum Gasteiger partial charge on any atom is -0.292 e. The van der Waals surface area contributed by atoms with Crippen LogP contribution in [0.25, 0.3) is 5.65 Å². The van der Waals surface area contributed by atoms with E-state index in [2.05, 4.69) is 58.0 Å². The molecule has 2 nitrogen and oxygen atoms in total. The Morgan fingerprint density at radius 2 is 1.92 bits per heavy atom. The molecule has 68 valence electrons. The predicted octanol–water partition coefficient (Wildman–Crippen LogP) is 2.86. The van der Waals surface area contributed by atoms with Crippen LogP contribution < -0.4 is 0 Å². The minimum atomic E-state index is 1.06. The van der Waals surface area contributed by atoms with Gasteiger partial charge in [-0.15, -0.1) is 0 Å². The van der Waals surface area contributed by atoms with Gasteiger partial charge in [0.2, 0.25) is 0 Å². The van der Waals surface area contributed by atoms with E-state index in [1.54, 1.807) is 0 Å². The largest absolute Gasteiger partial charge is 0.292 e. The molecule has 0 aliphatic heterocycles. The molecule has 0 radical (unpaired) electrons. The van der Waals surface area contributed by atoms with Crippen molar-refractivity contribution in [3.8, 4) is 0 Å². The monoisotopic (exact) mass is 286 g/mol. The number of aryl methyl sites for hydroxylation is 3. The Morgan fingerprint density at radius 1 is 1.23 bits per heavy atom. The maximum atomic E-state index is 4.49. The maximum Gasteiger partial charge on any atom is 0.138 e. The lowest BCUT2D eigenvalue weighted by molar-refractivity contribution is 1.05. The highest BCUT2D eigenvalue weighted by Gasteiger charge is 2.07. The Bertz CT molecular complexity index is 471. The van der Waals surface area contributed by atoms with Crippen LogP contribution in [0.15, 0.2) is 12.1 Å². The van der Waals surface area contributed by atoms with Gasteiger partial charge in [-0.2, -0.15) is 0 Å². The van der Waals surface area contributed by atoms with Crippen LogP contribution in [0.3, 0.4) is 0 Å². The summed E-state index contributed by atoms with van der Waals surface area (Å²) in [6.07, 6.45) is 0. The second-order valence-electron chi connectivity index (χ2n) is 3.36. The first-order valence-corrected chi connectivity index (χ1v) is 5.29. The fraction of sp³-hybridized carbons (Fsp3) is 0.300. The summed E-state index contributed by atoms with van der Waals surface area (Å²) in [7, 11) is 0. The van der Waals surface area contributed by atoms with Gasteiger partial charge in [0.1, 0.15) is 9.35 Å². The van der Waals surface area contributed by atoms with E-state index in [1.165, 1.54) is 15.0 Å². The van der Waals surface area contributed by atoms with Crippen LogP contribution in [0.1, 0.15) is 17.0 Å². The van der Waals surface area contributed by atoms with Crippen molar-refractivity contribution in [1.82, 2.24) is 9.38 Å². The molecule has 0 fully saturated rings. The third kappa shape index (κ3) is 1.35. The Labute approximate surface area is 91.1 Å². The van der Waals surface area contributed by atoms with Gasteiger partial charge >= 0.3 is 0 Å². The predicted molar refractivity (Wildman–Crippen MR) is 62.1 cm³/mol. The highest BCUT2D eigenvalue weighted by atomic mass is 127. The van der Waals surface area contributed by atoms with Crippen molar-refractivity contribution in [3.05, 3.63) is 32.8 Å². The highest BCUT2D eigenvalue weighted by Crippen LogP contribution is 2.17. The van der Waals surface area contributed by atoms with Gasteiger partial charge in [-0.1, -0.05) is 0 Å². The molecule has 0 saturated carbocycles. The van der Waals surface area contributed by atoms with E-state index < -0.39 is 0 Å². The van der Waals surface area contributed by atoms with Crippen molar-refractivity contribution in [2.24, 2.45) is 0 Å². The molecule has 0 atom stereocenters. The molecule has 0 N–H and O–H groups in total. The molecule has 0 bridgehead atoms.